The highest BCUT2D eigenvalue weighted by Gasteiger charge is 2.45. The molecule has 1 atom stereocenters. The fourth-order valence-corrected chi connectivity index (χ4v) is 2.96. The summed E-state index contributed by atoms with van der Waals surface area (Å²) in [6, 6.07) is 8.75. The van der Waals surface area contributed by atoms with Gasteiger partial charge >= 0.3 is 5.97 Å². The van der Waals surface area contributed by atoms with E-state index < -0.39 is 16.9 Å². The van der Waals surface area contributed by atoms with E-state index >= 15 is 0 Å². The third kappa shape index (κ3) is 2.78. The number of hydrogen-bond donors (Lipinski definition) is 3. The Balaban J connectivity index is 2.29. The van der Waals surface area contributed by atoms with E-state index in [9.17, 15) is 14.7 Å². The number of rotatable bonds is 5. The van der Waals surface area contributed by atoms with Crippen molar-refractivity contribution in [2.45, 2.75) is 38.1 Å². The number of carboxylic acids is 1. The van der Waals surface area contributed by atoms with Crippen LogP contribution in [0.2, 0.25) is 0 Å². The first-order valence-corrected chi connectivity index (χ1v) is 7.26. The molecule has 1 amide bonds. The number of hydrogen-bond acceptors (Lipinski definition) is 3. The van der Waals surface area contributed by atoms with E-state index in [4.69, 9.17) is 5.73 Å². The Kier molecular flexibility index (Phi) is 4.32. The minimum absolute atomic E-state index is 0.253. The molecule has 0 saturated heterocycles. The maximum Gasteiger partial charge on any atom is 0.333 e. The number of carbonyl (C=O) groups excluding carboxylic acids is 1. The lowest BCUT2D eigenvalue weighted by atomic mass is 9.83. The number of aliphatic carboxylic acids is 1. The fourth-order valence-electron chi connectivity index (χ4n) is 2.96. The van der Waals surface area contributed by atoms with Crippen LogP contribution in [0.1, 0.15) is 38.2 Å². The Morgan fingerprint density at radius 2 is 1.86 bits per heavy atom. The summed E-state index contributed by atoms with van der Waals surface area (Å²) in [5.74, 6) is -1.33. The van der Waals surface area contributed by atoms with Gasteiger partial charge < -0.3 is 16.2 Å². The van der Waals surface area contributed by atoms with Gasteiger partial charge in [-0.3, -0.25) is 4.79 Å². The van der Waals surface area contributed by atoms with Crippen molar-refractivity contribution in [2.24, 2.45) is 11.1 Å². The fraction of sp³-hybridized carbons (Fsp3) is 0.500. The highest BCUT2D eigenvalue weighted by molar-refractivity contribution is 5.90. The molecule has 1 aromatic carbocycles. The molecule has 0 aromatic heterocycles. The molecule has 2 rings (SSSR count). The van der Waals surface area contributed by atoms with Crippen molar-refractivity contribution in [1.29, 1.82) is 0 Å². The van der Waals surface area contributed by atoms with Crippen LogP contribution in [-0.4, -0.2) is 23.5 Å². The van der Waals surface area contributed by atoms with Crippen LogP contribution < -0.4 is 11.1 Å². The van der Waals surface area contributed by atoms with Gasteiger partial charge in [0.1, 0.15) is 0 Å². The average Bonchev–Trinajstić information content (AvgIpc) is 2.98. The first-order chi connectivity index (χ1) is 9.94. The van der Waals surface area contributed by atoms with Crippen LogP contribution in [0.5, 0.6) is 0 Å². The first kappa shape index (κ1) is 15.5. The third-order valence-corrected chi connectivity index (χ3v) is 4.58. The molecule has 0 bridgehead atoms. The summed E-state index contributed by atoms with van der Waals surface area (Å²) < 4.78 is 0. The molecule has 4 N–H and O–H groups in total. The van der Waals surface area contributed by atoms with E-state index in [1.165, 1.54) is 6.92 Å². The van der Waals surface area contributed by atoms with E-state index in [2.05, 4.69) is 5.32 Å². The minimum atomic E-state index is -1.44. The van der Waals surface area contributed by atoms with Crippen molar-refractivity contribution >= 4 is 11.9 Å². The van der Waals surface area contributed by atoms with Gasteiger partial charge in [0.15, 0.2) is 5.54 Å². The molecule has 114 valence electrons. The van der Waals surface area contributed by atoms with Gasteiger partial charge in [0.2, 0.25) is 5.91 Å². The number of carboxylic acid groups (broad SMARTS) is 1. The SMILES string of the molecule is CC(NC(=O)C1(CN)CCCC1)(C(=O)O)c1ccccc1. The Bertz CT molecular complexity index is 524. The lowest BCUT2D eigenvalue weighted by molar-refractivity contribution is -0.149. The van der Waals surface area contributed by atoms with E-state index in [0.29, 0.717) is 5.56 Å². The van der Waals surface area contributed by atoms with Crippen LogP contribution in [0.25, 0.3) is 0 Å². The van der Waals surface area contributed by atoms with Crippen LogP contribution in [-0.2, 0) is 15.1 Å². The van der Waals surface area contributed by atoms with Crippen molar-refractivity contribution in [3.05, 3.63) is 35.9 Å². The summed E-state index contributed by atoms with van der Waals surface area (Å²) in [6.07, 6.45) is 3.36. The molecule has 1 aromatic rings. The highest BCUT2D eigenvalue weighted by atomic mass is 16.4. The largest absolute Gasteiger partial charge is 0.479 e. The zero-order chi connectivity index (χ0) is 15.5. The van der Waals surface area contributed by atoms with Crippen LogP contribution >= 0.6 is 0 Å². The standard InChI is InChI=1S/C16H22N2O3/c1-15(14(20)21,12-7-3-2-4-8-12)18-13(19)16(11-17)9-5-6-10-16/h2-4,7-8H,5-6,9-11,17H2,1H3,(H,18,19)(H,20,21). The molecular weight excluding hydrogens is 268 g/mol. The second kappa shape index (κ2) is 5.85. The van der Waals surface area contributed by atoms with Crippen molar-refractivity contribution in [3.63, 3.8) is 0 Å². The number of carbonyl (C=O) groups is 2. The number of nitrogens with two attached hydrogens (primary N) is 1. The quantitative estimate of drug-likeness (QED) is 0.768. The van der Waals surface area contributed by atoms with Gasteiger partial charge in [-0.1, -0.05) is 43.2 Å². The summed E-state index contributed by atoms with van der Waals surface area (Å²) in [5.41, 5.74) is 4.29. The monoisotopic (exact) mass is 290 g/mol. The molecule has 21 heavy (non-hydrogen) atoms. The number of nitrogens with one attached hydrogen (secondary N) is 1. The summed E-state index contributed by atoms with van der Waals surface area (Å²) in [5, 5.41) is 12.3. The Morgan fingerprint density at radius 1 is 1.29 bits per heavy atom. The summed E-state index contributed by atoms with van der Waals surface area (Å²) in [4.78, 5) is 24.4. The Labute approximate surface area is 124 Å². The summed E-state index contributed by atoms with van der Waals surface area (Å²) in [6.45, 7) is 1.77. The van der Waals surface area contributed by atoms with E-state index in [1.807, 2.05) is 6.07 Å². The minimum Gasteiger partial charge on any atom is -0.479 e. The topological polar surface area (TPSA) is 92.4 Å². The van der Waals surface area contributed by atoms with E-state index in [-0.39, 0.29) is 12.5 Å². The maximum atomic E-state index is 12.6. The van der Waals surface area contributed by atoms with Gasteiger partial charge in [0, 0.05) is 6.54 Å². The third-order valence-electron chi connectivity index (χ3n) is 4.58. The van der Waals surface area contributed by atoms with Crippen LogP contribution in [0.3, 0.4) is 0 Å². The van der Waals surface area contributed by atoms with Crippen molar-refractivity contribution in [3.8, 4) is 0 Å². The van der Waals surface area contributed by atoms with E-state index in [0.717, 1.165) is 25.7 Å². The second-order valence-corrected chi connectivity index (χ2v) is 5.94. The number of amides is 1. The lowest BCUT2D eigenvalue weighted by Gasteiger charge is -2.33. The maximum absolute atomic E-state index is 12.6. The number of benzene rings is 1. The van der Waals surface area contributed by atoms with Gasteiger partial charge in [-0.2, -0.15) is 0 Å². The van der Waals surface area contributed by atoms with Crippen molar-refractivity contribution < 1.29 is 14.7 Å². The zero-order valence-electron chi connectivity index (χ0n) is 12.3. The molecular formula is C16H22N2O3. The average molecular weight is 290 g/mol. The molecule has 0 heterocycles. The van der Waals surface area contributed by atoms with Gasteiger partial charge in [0.05, 0.1) is 5.41 Å². The summed E-state index contributed by atoms with van der Waals surface area (Å²) >= 11 is 0. The predicted octanol–water partition coefficient (Wildman–Crippen LogP) is 1.62. The van der Waals surface area contributed by atoms with Gasteiger partial charge in [-0.15, -0.1) is 0 Å². The molecule has 1 unspecified atom stereocenters. The van der Waals surface area contributed by atoms with Crippen molar-refractivity contribution in [2.75, 3.05) is 6.54 Å². The molecule has 0 radical (unpaired) electrons. The second-order valence-electron chi connectivity index (χ2n) is 5.94. The van der Waals surface area contributed by atoms with Crippen LogP contribution in [0.15, 0.2) is 30.3 Å². The van der Waals surface area contributed by atoms with Crippen LogP contribution in [0, 0.1) is 5.41 Å². The van der Waals surface area contributed by atoms with Crippen molar-refractivity contribution in [1.82, 2.24) is 5.32 Å². The smallest absolute Gasteiger partial charge is 0.333 e. The molecule has 1 aliphatic carbocycles. The normalized spacial score (nSPS) is 19.7. The molecule has 1 fully saturated rings. The highest BCUT2D eigenvalue weighted by Crippen LogP contribution is 2.38. The Hall–Kier alpha value is -1.88. The molecule has 0 aliphatic heterocycles. The van der Waals surface area contributed by atoms with Crippen LogP contribution in [0.4, 0.5) is 0 Å². The molecule has 5 nitrogen and oxygen atoms in total. The molecule has 0 spiro atoms. The van der Waals surface area contributed by atoms with Gasteiger partial charge in [0.25, 0.3) is 0 Å². The molecule has 1 saturated carbocycles. The van der Waals surface area contributed by atoms with Gasteiger partial charge in [-0.25, -0.2) is 4.79 Å². The predicted molar refractivity (Wildman–Crippen MR) is 79.5 cm³/mol. The first-order valence-electron chi connectivity index (χ1n) is 7.26. The van der Waals surface area contributed by atoms with E-state index in [1.54, 1.807) is 24.3 Å². The zero-order valence-corrected chi connectivity index (χ0v) is 12.3. The van der Waals surface area contributed by atoms with Gasteiger partial charge in [-0.05, 0) is 25.3 Å². The lowest BCUT2D eigenvalue weighted by Crippen LogP contribution is -2.55. The molecule has 1 aliphatic rings. The molecule has 5 heteroatoms. The Morgan fingerprint density at radius 3 is 2.33 bits per heavy atom. The summed E-state index contributed by atoms with van der Waals surface area (Å²) in [7, 11) is 0.